The van der Waals surface area contributed by atoms with Crippen molar-refractivity contribution in [3.05, 3.63) is 42.0 Å². The molecule has 0 fully saturated rings. The van der Waals surface area contributed by atoms with Crippen molar-refractivity contribution < 1.29 is 4.74 Å². The lowest BCUT2D eigenvalue weighted by Gasteiger charge is -2.23. The molecule has 1 heteroatoms. The first kappa shape index (κ1) is 12.9. The Hall–Kier alpha value is -1.50. The minimum Gasteiger partial charge on any atom is -0.492 e. The van der Waals surface area contributed by atoms with E-state index in [1.807, 2.05) is 0 Å². The predicted octanol–water partition coefficient (Wildman–Crippen LogP) is 4.96. The van der Waals surface area contributed by atoms with E-state index >= 15 is 0 Å². The first-order chi connectivity index (χ1) is 8.53. The molecule has 2 aromatic rings. The molecule has 1 nitrogen and oxygen atoms in total. The Balaban J connectivity index is 2.32. The molecule has 18 heavy (non-hydrogen) atoms. The molecule has 0 aromatic heterocycles. The van der Waals surface area contributed by atoms with Gasteiger partial charge in [0.25, 0.3) is 0 Å². The highest BCUT2D eigenvalue weighted by molar-refractivity contribution is 5.90. The molecular formula is C17H22O. The van der Waals surface area contributed by atoms with E-state index < -0.39 is 0 Å². The van der Waals surface area contributed by atoms with Crippen molar-refractivity contribution in [2.45, 2.75) is 34.1 Å². The third-order valence-corrected chi connectivity index (χ3v) is 3.68. The number of fused-ring (bicyclic) bond motifs is 1. The lowest BCUT2D eigenvalue weighted by atomic mass is 9.92. The summed E-state index contributed by atoms with van der Waals surface area (Å²) in [6.45, 7) is 9.59. The molecule has 0 saturated heterocycles. The lowest BCUT2D eigenvalue weighted by molar-refractivity contribution is 0.177. The van der Waals surface area contributed by atoms with Gasteiger partial charge >= 0.3 is 0 Å². The number of hydrogen-bond donors (Lipinski definition) is 0. The van der Waals surface area contributed by atoms with Crippen LogP contribution in [0.15, 0.2) is 36.4 Å². The van der Waals surface area contributed by atoms with Gasteiger partial charge in [0.1, 0.15) is 5.75 Å². The molecule has 0 aliphatic carbocycles. The van der Waals surface area contributed by atoms with Crippen molar-refractivity contribution in [2.75, 3.05) is 6.61 Å². The highest BCUT2D eigenvalue weighted by Crippen LogP contribution is 2.29. The second-order valence-electron chi connectivity index (χ2n) is 5.73. The average Bonchev–Trinajstić information content (AvgIpc) is 2.37. The number of hydrogen-bond acceptors (Lipinski definition) is 1. The number of rotatable bonds is 4. The van der Waals surface area contributed by atoms with Gasteiger partial charge in [-0.1, -0.05) is 51.1 Å². The molecular weight excluding hydrogens is 220 g/mol. The zero-order chi connectivity index (χ0) is 13.2. The molecule has 2 rings (SSSR count). The van der Waals surface area contributed by atoms with E-state index in [1.165, 1.54) is 16.3 Å². The largest absolute Gasteiger partial charge is 0.492 e. The molecule has 2 aromatic carbocycles. The summed E-state index contributed by atoms with van der Waals surface area (Å²) < 4.78 is 6.03. The molecule has 0 N–H and O–H groups in total. The van der Waals surface area contributed by atoms with Gasteiger partial charge in [-0.25, -0.2) is 0 Å². The topological polar surface area (TPSA) is 9.23 Å². The van der Waals surface area contributed by atoms with Gasteiger partial charge in [-0.2, -0.15) is 0 Å². The van der Waals surface area contributed by atoms with Gasteiger partial charge in [-0.15, -0.1) is 0 Å². The fourth-order valence-corrected chi connectivity index (χ4v) is 1.94. The molecule has 0 saturated carbocycles. The van der Waals surface area contributed by atoms with E-state index in [4.69, 9.17) is 4.74 Å². The fourth-order valence-electron chi connectivity index (χ4n) is 1.94. The highest BCUT2D eigenvalue weighted by Gasteiger charge is 2.16. The molecule has 0 aliphatic rings. The first-order valence-electron chi connectivity index (χ1n) is 6.65. The molecule has 0 spiro atoms. The van der Waals surface area contributed by atoms with Crippen LogP contribution in [0.2, 0.25) is 0 Å². The quantitative estimate of drug-likeness (QED) is 0.736. The SMILES string of the molecule is CCC(C)(C)COc1cccc2c(C)cccc12. The summed E-state index contributed by atoms with van der Waals surface area (Å²) in [6.07, 6.45) is 1.12. The van der Waals surface area contributed by atoms with Gasteiger partial charge in [0, 0.05) is 5.39 Å². The monoisotopic (exact) mass is 242 g/mol. The average molecular weight is 242 g/mol. The Kier molecular flexibility index (Phi) is 3.60. The second kappa shape index (κ2) is 5.01. The summed E-state index contributed by atoms with van der Waals surface area (Å²) in [5.74, 6) is 0.998. The molecule has 0 bridgehead atoms. The molecule has 0 atom stereocenters. The summed E-state index contributed by atoms with van der Waals surface area (Å²) in [7, 11) is 0. The van der Waals surface area contributed by atoms with Crippen molar-refractivity contribution in [3.8, 4) is 5.75 Å². The van der Waals surface area contributed by atoms with Gasteiger partial charge in [0.05, 0.1) is 6.61 Å². The Morgan fingerprint density at radius 2 is 1.67 bits per heavy atom. The van der Waals surface area contributed by atoms with Crippen LogP contribution in [0.4, 0.5) is 0 Å². The second-order valence-corrected chi connectivity index (χ2v) is 5.73. The summed E-state index contributed by atoms with van der Waals surface area (Å²) in [6, 6.07) is 12.7. The molecule has 0 radical (unpaired) electrons. The van der Waals surface area contributed by atoms with E-state index in [1.54, 1.807) is 0 Å². The number of aryl methyl sites for hydroxylation is 1. The zero-order valence-electron chi connectivity index (χ0n) is 11.8. The Morgan fingerprint density at radius 1 is 1.00 bits per heavy atom. The number of benzene rings is 2. The summed E-state index contributed by atoms with van der Waals surface area (Å²) in [5, 5.41) is 2.49. The molecule has 96 valence electrons. The maximum Gasteiger partial charge on any atom is 0.127 e. The summed E-state index contributed by atoms with van der Waals surface area (Å²) in [4.78, 5) is 0. The first-order valence-corrected chi connectivity index (χ1v) is 6.65. The van der Waals surface area contributed by atoms with E-state index in [0.717, 1.165) is 18.8 Å². The lowest BCUT2D eigenvalue weighted by Crippen LogP contribution is -2.20. The smallest absolute Gasteiger partial charge is 0.127 e. The normalized spacial score (nSPS) is 11.8. The number of ether oxygens (including phenoxy) is 1. The summed E-state index contributed by atoms with van der Waals surface area (Å²) >= 11 is 0. The summed E-state index contributed by atoms with van der Waals surface area (Å²) in [5.41, 5.74) is 1.53. The van der Waals surface area contributed by atoms with Crippen molar-refractivity contribution in [2.24, 2.45) is 5.41 Å². The van der Waals surface area contributed by atoms with E-state index in [9.17, 15) is 0 Å². The van der Waals surface area contributed by atoms with Crippen LogP contribution in [0, 0.1) is 12.3 Å². The maximum absolute atomic E-state index is 6.03. The minimum absolute atomic E-state index is 0.228. The predicted molar refractivity (Wildman–Crippen MR) is 78.3 cm³/mol. The van der Waals surface area contributed by atoms with Gasteiger partial charge in [0.2, 0.25) is 0 Å². The van der Waals surface area contributed by atoms with E-state index in [-0.39, 0.29) is 5.41 Å². The molecule has 0 amide bonds. The van der Waals surface area contributed by atoms with Crippen molar-refractivity contribution in [3.63, 3.8) is 0 Å². The van der Waals surface area contributed by atoms with Crippen LogP contribution in [-0.4, -0.2) is 6.61 Å². The van der Waals surface area contributed by atoms with Crippen LogP contribution >= 0.6 is 0 Å². The van der Waals surface area contributed by atoms with Crippen LogP contribution in [0.25, 0.3) is 10.8 Å². The maximum atomic E-state index is 6.03. The van der Waals surface area contributed by atoms with Gasteiger partial charge in [-0.05, 0) is 35.8 Å². The van der Waals surface area contributed by atoms with Gasteiger partial charge < -0.3 is 4.74 Å². The Labute approximate surface area is 110 Å². The molecule has 0 unspecified atom stereocenters. The molecule has 0 aliphatic heterocycles. The van der Waals surface area contributed by atoms with Crippen molar-refractivity contribution >= 4 is 10.8 Å². The fraction of sp³-hybridized carbons (Fsp3) is 0.412. The standard InChI is InChI=1S/C17H22O/c1-5-17(3,4)12-18-16-11-7-9-14-13(2)8-6-10-15(14)16/h6-11H,5,12H2,1-4H3. The van der Waals surface area contributed by atoms with Crippen LogP contribution in [-0.2, 0) is 0 Å². The van der Waals surface area contributed by atoms with Crippen LogP contribution in [0.5, 0.6) is 5.75 Å². The van der Waals surface area contributed by atoms with E-state index in [0.29, 0.717) is 0 Å². The zero-order valence-corrected chi connectivity index (χ0v) is 11.8. The van der Waals surface area contributed by atoms with Gasteiger partial charge in [-0.3, -0.25) is 0 Å². The Morgan fingerprint density at radius 3 is 2.39 bits per heavy atom. The molecule has 0 heterocycles. The van der Waals surface area contributed by atoms with Crippen LogP contribution < -0.4 is 4.74 Å². The highest BCUT2D eigenvalue weighted by atomic mass is 16.5. The third-order valence-electron chi connectivity index (χ3n) is 3.68. The van der Waals surface area contributed by atoms with Crippen molar-refractivity contribution in [1.82, 2.24) is 0 Å². The third kappa shape index (κ3) is 2.66. The van der Waals surface area contributed by atoms with Crippen LogP contribution in [0.1, 0.15) is 32.8 Å². The van der Waals surface area contributed by atoms with E-state index in [2.05, 4.69) is 64.1 Å². The van der Waals surface area contributed by atoms with Crippen LogP contribution in [0.3, 0.4) is 0 Å². The Bertz CT molecular complexity index is 540. The minimum atomic E-state index is 0.228. The van der Waals surface area contributed by atoms with Gasteiger partial charge in [0.15, 0.2) is 0 Å². The van der Waals surface area contributed by atoms with Crippen molar-refractivity contribution in [1.29, 1.82) is 0 Å².